The smallest absolute Gasteiger partial charge is 0.306 e. The van der Waals surface area contributed by atoms with Gasteiger partial charge in [0.15, 0.2) is 0 Å². The van der Waals surface area contributed by atoms with Crippen LogP contribution in [0.1, 0.15) is 50.8 Å². The number of aryl methyl sites for hydroxylation is 1. The molecule has 0 saturated heterocycles. The zero-order chi connectivity index (χ0) is 14.5. The Hall–Kier alpha value is -1.35. The molecule has 19 heavy (non-hydrogen) atoms. The van der Waals surface area contributed by atoms with Gasteiger partial charge in [0.1, 0.15) is 0 Å². The van der Waals surface area contributed by atoms with E-state index in [1.165, 1.54) is 12.7 Å². The molecule has 3 heteroatoms. The van der Waals surface area contributed by atoms with Crippen LogP contribution in [-0.2, 0) is 16.0 Å². The number of hydrogen-bond acceptors (Lipinski definition) is 3. The molecule has 0 radical (unpaired) electrons. The zero-order valence-corrected chi connectivity index (χ0v) is 12.4. The molecule has 1 atom stereocenters. The van der Waals surface area contributed by atoms with Crippen LogP contribution >= 0.6 is 0 Å². The molecule has 1 unspecified atom stereocenters. The summed E-state index contributed by atoms with van der Waals surface area (Å²) in [5, 5.41) is 0. The Morgan fingerprint density at radius 2 is 1.89 bits per heavy atom. The van der Waals surface area contributed by atoms with Crippen LogP contribution in [0, 0.1) is 5.41 Å². The van der Waals surface area contributed by atoms with E-state index in [0.717, 1.165) is 18.4 Å². The van der Waals surface area contributed by atoms with Gasteiger partial charge in [0.25, 0.3) is 0 Å². The van der Waals surface area contributed by atoms with E-state index in [9.17, 15) is 4.79 Å². The van der Waals surface area contributed by atoms with Crippen LogP contribution in [-0.4, -0.2) is 13.1 Å². The monoisotopic (exact) mass is 263 g/mol. The fourth-order valence-electron chi connectivity index (χ4n) is 2.25. The normalized spacial score (nSPS) is 13.1. The number of rotatable bonds is 6. The van der Waals surface area contributed by atoms with E-state index < -0.39 is 0 Å². The highest BCUT2D eigenvalue weighted by molar-refractivity contribution is 5.69. The van der Waals surface area contributed by atoms with E-state index in [2.05, 4.69) is 31.2 Å². The number of benzene rings is 1. The largest absolute Gasteiger partial charge is 0.469 e. The minimum atomic E-state index is -0.182. The van der Waals surface area contributed by atoms with Crippen molar-refractivity contribution in [3.8, 4) is 0 Å². The number of carbonyl (C=O) groups excluding carboxylic acids is 1. The van der Waals surface area contributed by atoms with Crippen molar-refractivity contribution in [3.05, 3.63) is 35.4 Å². The van der Waals surface area contributed by atoms with Crippen molar-refractivity contribution >= 4 is 5.97 Å². The van der Waals surface area contributed by atoms with E-state index in [4.69, 9.17) is 10.5 Å². The average molecular weight is 263 g/mol. The van der Waals surface area contributed by atoms with Gasteiger partial charge >= 0.3 is 5.97 Å². The summed E-state index contributed by atoms with van der Waals surface area (Å²) >= 11 is 0. The van der Waals surface area contributed by atoms with Gasteiger partial charge in [0, 0.05) is 6.04 Å². The maximum atomic E-state index is 11.4. The van der Waals surface area contributed by atoms with E-state index >= 15 is 0 Å². The molecule has 0 aromatic heterocycles. The Labute approximate surface area is 116 Å². The van der Waals surface area contributed by atoms with Crippen LogP contribution in [0.15, 0.2) is 24.3 Å². The molecule has 0 heterocycles. The van der Waals surface area contributed by atoms with Crippen LogP contribution in [0.4, 0.5) is 0 Å². The second-order valence-electron chi connectivity index (χ2n) is 5.82. The first-order valence-corrected chi connectivity index (χ1v) is 6.79. The summed E-state index contributed by atoms with van der Waals surface area (Å²) < 4.78 is 4.72. The lowest BCUT2D eigenvalue weighted by Gasteiger charge is -2.27. The van der Waals surface area contributed by atoms with Crippen molar-refractivity contribution < 1.29 is 9.53 Å². The van der Waals surface area contributed by atoms with Gasteiger partial charge in [-0.05, 0) is 29.4 Å². The SMILES string of the molecule is CCc1ccc(C(N)CC(C)(C)CC(=O)OC)cc1. The molecule has 0 amide bonds. The van der Waals surface area contributed by atoms with Crippen molar-refractivity contribution in [2.75, 3.05) is 7.11 Å². The second-order valence-corrected chi connectivity index (χ2v) is 5.82. The minimum absolute atomic E-state index is 0.0504. The van der Waals surface area contributed by atoms with Crippen molar-refractivity contribution in [1.29, 1.82) is 0 Å². The predicted octanol–water partition coefficient (Wildman–Crippen LogP) is 3.23. The molecule has 0 aliphatic rings. The quantitative estimate of drug-likeness (QED) is 0.802. The lowest BCUT2D eigenvalue weighted by Crippen LogP contribution is -2.24. The molecule has 106 valence electrons. The van der Waals surface area contributed by atoms with Gasteiger partial charge < -0.3 is 10.5 Å². The molecule has 0 aliphatic carbocycles. The number of hydrogen-bond donors (Lipinski definition) is 1. The summed E-state index contributed by atoms with van der Waals surface area (Å²) in [5.74, 6) is -0.182. The fourth-order valence-corrected chi connectivity index (χ4v) is 2.25. The van der Waals surface area contributed by atoms with Crippen molar-refractivity contribution in [2.45, 2.75) is 46.1 Å². The van der Waals surface area contributed by atoms with Crippen molar-refractivity contribution in [1.82, 2.24) is 0 Å². The molecule has 0 bridgehead atoms. The van der Waals surface area contributed by atoms with Crippen LogP contribution < -0.4 is 5.73 Å². The number of esters is 1. The molecule has 3 nitrogen and oxygen atoms in total. The van der Waals surface area contributed by atoms with Gasteiger partial charge in [-0.3, -0.25) is 4.79 Å². The van der Waals surface area contributed by atoms with Crippen molar-refractivity contribution in [2.24, 2.45) is 11.1 Å². The molecule has 0 aliphatic heterocycles. The first kappa shape index (κ1) is 15.7. The Bertz CT molecular complexity index is 409. The third kappa shape index (κ3) is 5.03. The molecule has 0 fully saturated rings. The molecular formula is C16H25NO2. The number of nitrogens with two attached hydrogens (primary N) is 1. The third-order valence-electron chi connectivity index (χ3n) is 3.44. The van der Waals surface area contributed by atoms with Gasteiger partial charge in [-0.15, -0.1) is 0 Å². The van der Waals surface area contributed by atoms with E-state index in [-0.39, 0.29) is 17.4 Å². The van der Waals surface area contributed by atoms with E-state index in [1.807, 2.05) is 13.8 Å². The van der Waals surface area contributed by atoms with Gasteiger partial charge in [-0.1, -0.05) is 45.0 Å². The third-order valence-corrected chi connectivity index (χ3v) is 3.44. The lowest BCUT2D eigenvalue weighted by atomic mass is 9.81. The molecule has 1 aromatic carbocycles. The van der Waals surface area contributed by atoms with Gasteiger partial charge in [-0.2, -0.15) is 0 Å². The summed E-state index contributed by atoms with van der Waals surface area (Å²) in [6.45, 7) is 6.22. The summed E-state index contributed by atoms with van der Waals surface area (Å²) in [7, 11) is 1.42. The maximum absolute atomic E-state index is 11.4. The van der Waals surface area contributed by atoms with Gasteiger partial charge in [0.2, 0.25) is 0 Å². The molecule has 1 rings (SSSR count). The summed E-state index contributed by atoms with van der Waals surface area (Å²) in [6, 6.07) is 8.34. The first-order valence-electron chi connectivity index (χ1n) is 6.79. The van der Waals surface area contributed by atoms with Crippen LogP contribution in [0.5, 0.6) is 0 Å². The summed E-state index contributed by atoms with van der Waals surface area (Å²) in [4.78, 5) is 11.4. The van der Waals surface area contributed by atoms with Crippen LogP contribution in [0.25, 0.3) is 0 Å². The Morgan fingerprint density at radius 3 is 2.37 bits per heavy atom. The van der Waals surface area contributed by atoms with Crippen LogP contribution in [0.2, 0.25) is 0 Å². The Kier molecular flexibility index (Phi) is 5.55. The summed E-state index contributed by atoms with van der Waals surface area (Å²) in [6.07, 6.45) is 2.18. The zero-order valence-electron chi connectivity index (χ0n) is 12.4. The average Bonchev–Trinajstić information content (AvgIpc) is 2.37. The standard InChI is InChI=1S/C16H25NO2/c1-5-12-6-8-13(9-7-12)14(17)10-16(2,3)11-15(18)19-4/h6-9,14H,5,10-11,17H2,1-4H3. The highest BCUT2D eigenvalue weighted by atomic mass is 16.5. The number of ether oxygens (including phenoxy) is 1. The van der Waals surface area contributed by atoms with E-state index in [0.29, 0.717) is 6.42 Å². The Balaban J connectivity index is 2.66. The fraction of sp³-hybridized carbons (Fsp3) is 0.562. The second kappa shape index (κ2) is 6.71. The predicted molar refractivity (Wildman–Crippen MR) is 77.8 cm³/mol. The highest BCUT2D eigenvalue weighted by Crippen LogP contribution is 2.32. The first-order chi connectivity index (χ1) is 8.88. The van der Waals surface area contributed by atoms with E-state index in [1.54, 1.807) is 0 Å². The van der Waals surface area contributed by atoms with Gasteiger partial charge in [-0.25, -0.2) is 0 Å². The lowest BCUT2D eigenvalue weighted by molar-refractivity contribution is -0.143. The molecule has 1 aromatic rings. The summed E-state index contributed by atoms with van der Waals surface area (Å²) in [5.41, 5.74) is 8.51. The van der Waals surface area contributed by atoms with Crippen molar-refractivity contribution in [3.63, 3.8) is 0 Å². The Morgan fingerprint density at radius 1 is 1.32 bits per heavy atom. The number of carbonyl (C=O) groups is 1. The highest BCUT2D eigenvalue weighted by Gasteiger charge is 2.25. The van der Waals surface area contributed by atoms with Gasteiger partial charge in [0.05, 0.1) is 13.5 Å². The molecule has 0 saturated carbocycles. The number of methoxy groups -OCH3 is 1. The molecule has 0 spiro atoms. The minimum Gasteiger partial charge on any atom is -0.469 e. The topological polar surface area (TPSA) is 52.3 Å². The molecular weight excluding hydrogens is 238 g/mol. The molecule has 2 N–H and O–H groups in total. The maximum Gasteiger partial charge on any atom is 0.306 e. The van der Waals surface area contributed by atoms with Crippen LogP contribution in [0.3, 0.4) is 0 Å².